The van der Waals surface area contributed by atoms with E-state index in [0.29, 0.717) is 22.9 Å². The maximum absolute atomic E-state index is 12.2. The third-order valence-electron chi connectivity index (χ3n) is 3.49. The van der Waals surface area contributed by atoms with Crippen LogP contribution >= 0.6 is 0 Å². The van der Waals surface area contributed by atoms with Crippen LogP contribution in [0.5, 0.6) is 11.5 Å². The van der Waals surface area contributed by atoms with E-state index in [-0.39, 0.29) is 12.3 Å². The second-order valence-corrected chi connectivity index (χ2v) is 5.52. The molecule has 0 aliphatic rings. The van der Waals surface area contributed by atoms with Crippen molar-refractivity contribution in [2.24, 2.45) is 0 Å². The smallest absolute Gasteiger partial charge is 0.230 e. The number of carbonyl (C=O) groups is 1. The van der Waals surface area contributed by atoms with Crippen molar-refractivity contribution in [1.29, 1.82) is 0 Å². The molecule has 1 N–H and O–H groups in total. The van der Waals surface area contributed by atoms with Gasteiger partial charge < -0.3 is 14.6 Å². The van der Waals surface area contributed by atoms with Crippen LogP contribution in [0.1, 0.15) is 17.0 Å². The Balaban J connectivity index is 1.74. The number of amides is 1. The van der Waals surface area contributed by atoms with Gasteiger partial charge in [-0.2, -0.15) is 0 Å². The highest BCUT2D eigenvalue weighted by atomic mass is 16.5. The van der Waals surface area contributed by atoms with E-state index in [1.54, 1.807) is 19.1 Å². The Labute approximate surface area is 140 Å². The van der Waals surface area contributed by atoms with Crippen molar-refractivity contribution >= 4 is 11.6 Å². The average Bonchev–Trinajstić information content (AvgIpc) is 2.96. The Morgan fingerprint density at radius 3 is 2.50 bits per heavy atom. The van der Waals surface area contributed by atoms with Gasteiger partial charge in [0.2, 0.25) is 5.91 Å². The van der Waals surface area contributed by atoms with Gasteiger partial charge in [-0.15, -0.1) is 0 Å². The summed E-state index contributed by atoms with van der Waals surface area (Å²) in [7, 11) is 0. The molecule has 1 amide bonds. The minimum absolute atomic E-state index is 0.149. The molecule has 0 unspecified atom stereocenters. The van der Waals surface area contributed by atoms with Gasteiger partial charge in [0.1, 0.15) is 11.5 Å². The van der Waals surface area contributed by atoms with Gasteiger partial charge in [0, 0.05) is 6.07 Å². The Hall–Kier alpha value is -3.08. The summed E-state index contributed by atoms with van der Waals surface area (Å²) < 4.78 is 10.9. The monoisotopic (exact) mass is 322 g/mol. The fourth-order valence-electron chi connectivity index (χ4n) is 2.31. The van der Waals surface area contributed by atoms with Crippen LogP contribution < -0.4 is 10.1 Å². The summed E-state index contributed by atoms with van der Waals surface area (Å²) >= 11 is 0. The Morgan fingerprint density at radius 1 is 1.08 bits per heavy atom. The second kappa shape index (κ2) is 7.00. The van der Waals surface area contributed by atoms with Gasteiger partial charge >= 0.3 is 0 Å². The molecule has 5 nitrogen and oxygen atoms in total. The summed E-state index contributed by atoms with van der Waals surface area (Å²) in [4.78, 5) is 12.2. The molecule has 0 atom stereocenters. The summed E-state index contributed by atoms with van der Waals surface area (Å²) in [6.07, 6.45) is 0.149. The Kier molecular flexibility index (Phi) is 4.61. The molecule has 0 bridgehead atoms. The molecule has 1 aromatic heterocycles. The van der Waals surface area contributed by atoms with Crippen molar-refractivity contribution in [3.63, 3.8) is 0 Å². The lowest BCUT2D eigenvalue weighted by Crippen LogP contribution is -2.15. The van der Waals surface area contributed by atoms with E-state index in [4.69, 9.17) is 9.26 Å². The normalized spacial score (nSPS) is 10.4. The molecular formula is C19H18N2O3. The van der Waals surface area contributed by atoms with Crippen LogP contribution in [-0.4, -0.2) is 11.1 Å². The van der Waals surface area contributed by atoms with Crippen molar-refractivity contribution < 1.29 is 14.1 Å². The number of hydrogen-bond donors (Lipinski definition) is 1. The maximum Gasteiger partial charge on any atom is 0.230 e. The minimum Gasteiger partial charge on any atom is -0.455 e. The lowest BCUT2D eigenvalue weighted by atomic mass is 10.2. The largest absolute Gasteiger partial charge is 0.455 e. The van der Waals surface area contributed by atoms with Crippen LogP contribution in [0.25, 0.3) is 0 Å². The molecule has 24 heavy (non-hydrogen) atoms. The molecule has 0 saturated heterocycles. The molecule has 0 spiro atoms. The summed E-state index contributed by atoms with van der Waals surface area (Å²) in [6.45, 7) is 3.77. The summed E-state index contributed by atoms with van der Waals surface area (Å²) in [6, 6.07) is 16.8. The number of benzene rings is 2. The minimum atomic E-state index is -0.177. The lowest BCUT2D eigenvalue weighted by Gasteiger charge is -2.13. The number of ether oxygens (including phenoxy) is 1. The van der Waals surface area contributed by atoms with E-state index in [2.05, 4.69) is 10.5 Å². The maximum atomic E-state index is 12.2. The molecule has 5 heteroatoms. The molecular weight excluding hydrogens is 304 g/mol. The Bertz CT molecular complexity index is 855. The van der Waals surface area contributed by atoms with Crippen LogP contribution in [0, 0.1) is 13.8 Å². The van der Waals surface area contributed by atoms with Gasteiger partial charge in [0.15, 0.2) is 5.75 Å². The van der Waals surface area contributed by atoms with Crippen LogP contribution in [0.4, 0.5) is 5.69 Å². The molecule has 3 aromatic rings. The molecule has 0 aliphatic heterocycles. The van der Waals surface area contributed by atoms with Gasteiger partial charge in [0.05, 0.1) is 17.8 Å². The second-order valence-electron chi connectivity index (χ2n) is 5.52. The lowest BCUT2D eigenvalue weighted by molar-refractivity contribution is -0.115. The molecule has 0 radical (unpaired) electrons. The highest BCUT2D eigenvalue weighted by Gasteiger charge is 2.12. The fourth-order valence-corrected chi connectivity index (χ4v) is 2.31. The number of aromatic nitrogens is 1. The summed E-state index contributed by atoms with van der Waals surface area (Å²) in [5.74, 6) is 1.85. The zero-order valence-electron chi connectivity index (χ0n) is 13.6. The first kappa shape index (κ1) is 15.8. The first-order valence-electron chi connectivity index (χ1n) is 7.66. The van der Waals surface area contributed by atoms with Crippen molar-refractivity contribution in [2.45, 2.75) is 20.3 Å². The molecule has 0 saturated carbocycles. The first-order chi connectivity index (χ1) is 11.6. The van der Waals surface area contributed by atoms with Crippen molar-refractivity contribution in [1.82, 2.24) is 5.16 Å². The first-order valence-corrected chi connectivity index (χ1v) is 7.66. The van der Waals surface area contributed by atoms with E-state index in [0.717, 1.165) is 11.3 Å². The number of anilines is 1. The topological polar surface area (TPSA) is 64.4 Å². The van der Waals surface area contributed by atoms with Gasteiger partial charge in [-0.05, 0) is 37.6 Å². The number of carbonyl (C=O) groups excluding carboxylic acids is 1. The third kappa shape index (κ3) is 3.81. The third-order valence-corrected chi connectivity index (χ3v) is 3.49. The number of nitrogens with zero attached hydrogens (tertiary/aromatic N) is 1. The van der Waals surface area contributed by atoms with Crippen LogP contribution in [0.2, 0.25) is 0 Å². The van der Waals surface area contributed by atoms with E-state index in [9.17, 15) is 4.79 Å². The quantitative estimate of drug-likeness (QED) is 0.762. The molecule has 122 valence electrons. The molecule has 1 heterocycles. The highest BCUT2D eigenvalue weighted by molar-refractivity contribution is 5.93. The van der Waals surface area contributed by atoms with Gasteiger partial charge in [-0.25, -0.2) is 0 Å². The molecule has 0 fully saturated rings. The van der Waals surface area contributed by atoms with Gasteiger partial charge in [-0.3, -0.25) is 4.79 Å². The predicted octanol–water partition coefficient (Wildman–Crippen LogP) is 4.26. The Morgan fingerprint density at radius 2 is 1.79 bits per heavy atom. The number of nitrogens with one attached hydrogen (secondary N) is 1. The molecule has 0 aliphatic carbocycles. The van der Waals surface area contributed by atoms with E-state index in [1.165, 1.54) is 0 Å². The summed E-state index contributed by atoms with van der Waals surface area (Å²) in [5.41, 5.74) is 2.24. The fraction of sp³-hybridized carbons (Fsp3) is 0.158. The molecule has 2 aromatic carbocycles. The van der Waals surface area contributed by atoms with Crippen molar-refractivity contribution in [3.8, 4) is 11.5 Å². The van der Waals surface area contributed by atoms with Crippen LogP contribution in [-0.2, 0) is 11.2 Å². The van der Waals surface area contributed by atoms with Crippen LogP contribution in [0.3, 0.4) is 0 Å². The number of rotatable bonds is 5. The number of hydrogen-bond acceptors (Lipinski definition) is 4. The number of para-hydroxylation sites is 3. The van der Waals surface area contributed by atoms with Crippen molar-refractivity contribution in [3.05, 3.63) is 71.6 Å². The molecule has 3 rings (SSSR count). The van der Waals surface area contributed by atoms with E-state index in [1.807, 2.05) is 49.4 Å². The zero-order valence-corrected chi connectivity index (χ0v) is 13.6. The van der Waals surface area contributed by atoms with E-state index >= 15 is 0 Å². The predicted molar refractivity (Wildman–Crippen MR) is 91.3 cm³/mol. The summed E-state index contributed by atoms with van der Waals surface area (Å²) in [5, 5.41) is 6.69. The van der Waals surface area contributed by atoms with Gasteiger partial charge in [-0.1, -0.05) is 35.5 Å². The van der Waals surface area contributed by atoms with Crippen LogP contribution in [0.15, 0.2) is 59.1 Å². The highest BCUT2D eigenvalue weighted by Crippen LogP contribution is 2.31. The standard InChI is InChI=1S/C19H18N2O3/c1-13-7-3-5-9-17(13)23-18-10-6-4-8-16(18)20-19(22)12-15-11-14(2)24-21-15/h3-11H,12H2,1-2H3,(H,20,22). The van der Waals surface area contributed by atoms with E-state index < -0.39 is 0 Å². The number of aryl methyl sites for hydroxylation is 2. The van der Waals surface area contributed by atoms with Crippen molar-refractivity contribution in [2.75, 3.05) is 5.32 Å². The van der Waals surface area contributed by atoms with Gasteiger partial charge in [0.25, 0.3) is 0 Å². The zero-order chi connectivity index (χ0) is 16.9. The SMILES string of the molecule is Cc1cc(CC(=O)Nc2ccccc2Oc2ccccc2C)no1. The average molecular weight is 322 g/mol.